The van der Waals surface area contributed by atoms with E-state index in [9.17, 15) is 14.7 Å². The van der Waals surface area contributed by atoms with E-state index in [1.165, 1.54) is 9.58 Å². The molecule has 1 amide bonds. The number of aliphatic hydroxyl groups is 1. The topological polar surface area (TPSA) is 87.5 Å². The van der Waals surface area contributed by atoms with Gasteiger partial charge in [-0.15, -0.1) is 0 Å². The van der Waals surface area contributed by atoms with Crippen LogP contribution < -0.4 is 15.9 Å². The number of rotatable bonds is 4. The first kappa shape index (κ1) is 19.0. The molecule has 0 bridgehead atoms. The van der Waals surface area contributed by atoms with Gasteiger partial charge in [-0.25, -0.2) is 9.66 Å². The van der Waals surface area contributed by atoms with E-state index in [1.54, 1.807) is 42.5 Å². The highest BCUT2D eigenvalue weighted by Crippen LogP contribution is 2.39. The molecule has 1 aliphatic heterocycles. The molecule has 31 heavy (non-hydrogen) atoms. The van der Waals surface area contributed by atoms with Crippen LogP contribution in [0.3, 0.4) is 0 Å². The first-order valence-corrected chi connectivity index (χ1v) is 10.0. The van der Waals surface area contributed by atoms with Crippen molar-refractivity contribution in [3.05, 3.63) is 94.8 Å². The number of hydrogen-bond acceptors (Lipinski definition) is 5. The highest BCUT2D eigenvalue weighted by atomic mass is 16.3. The summed E-state index contributed by atoms with van der Waals surface area (Å²) in [6.07, 6.45) is 0. The quantitative estimate of drug-likeness (QED) is 0.504. The Hall–Kier alpha value is -3.97. The fraction of sp³-hybridized carbons (Fsp3) is 0.125. The van der Waals surface area contributed by atoms with Gasteiger partial charge in [-0.2, -0.15) is 0 Å². The number of carbonyl (C=O) groups is 1. The summed E-state index contributed by atoms with van der Waals surface area (Å²) in [7, 11) is 0. The monoisotopic (exact) mass is 412 g/mol. The van der Waals surface area contributed by atoms with Crippen LogP contribution >= 0.6 is 0 Å². The van der Waals surface area contributed by atoms with Gasteiger partial charge in [0.2, 0.25) is 0 Å². The molecule has 1 atom stereocenters. The Labute approximate surface area is 178 Å². The Kier molecular flexibility index (Phi) is 4.34. The number of aromatic nitrogens is 2. The third-order valence-corrected chi connectivity index (χ3v) is 5.54. The second-order valence-electron chi connectivity index (χ2n) is 7.35. The van der Waals surface area contributed by atoms with Crippen LogP contribution in [0.1, 0.15) is 12.5 Å². The van der Waals surface area contributed by atoms with Crippen molar-refractivity contribution in [2.24, 2.45) is 0 Å². The number of carbonyl (C=O) groups excluding carboxylic acids is 1. The zero-order valence-corrected chi connectivity index (χ0v) is 16.8. The highest BCUT2D eigenvalue weighted by Gasteiger charge is 2.50. The fourth-order valence-corrected chi connectivity index (χ4v) is 4.04. The number of likely N-dealkylation sites (N-methyl/N-ethyl adjacent to an activating group) is 1. The summed E-state index contributed by atoms with van der Waals surface area (Å²) >= 11 is 0. The van der Waals surface area contributed by atoms with Crippen molar-refractivity contribution in [1.82, 2.24) is 9.66 Å². The predicted molar refractivity (Wildman–Crippen MR) is 119 cm³/mol. The normalized spacial score (nSPS) is 17.7. The number of nitrogens with one attached hydrogen (secondary N) is 1. The summed E-state index contributed by atoms with van der Waals surface area (Å²) in [5.41, 5.74) is 2.51. The second kappa shape index (κ2) is 7.07. The van der Waals surface area contributed by atoms with E-state index in [0.29, 0.717) is 40.1 Å². The predicted octanol–water partition coefficient (Wildman–Crippen LogP) is 2.82. The summed E-state index contributed by atoms with van der Waals surface area (Å²) < 4.78 is 1.17. The van der Waals surface area contributed by atoms with E-state index in [0.717, 1.165) is 0 Å². The molecular formula is C24H20N4O3. The van der Waals surface area contributed by atoms with Crippen LogP contribution in [-0.2, 0) is 10.5 Å². The maximum atomic E-state index is 13.4. The number of benzene rings is 3. The Balaban J connectivity index is 1.75. The van der Waals surface area contributed by atoms with Gasteiger partial charge in [0.1, 0.15) is 0 Å². The van der Waals surface area contributed by atoms with Crippen LogP contribution in [0.25, 0.3) is 22.3 Å². The number of fused-ring (bicyclic) bond motifs is 2. The molecule has 1 aromatic heterocycles. The van der Waals surface area contributed by atoms with Crippen LogP contribution in [0.5, 0.6) is 0 Å². The van der Waals surface area contributed by atoms with E-state index in [2.05, 4.69) is 10.4 Å². The molecule has 0 fully saturated rings. The van der Waals surface area contributed by atoms with Crippen molar-refractivity contribution < 1.29 is 9.90 Å². The molecule has 0 radical (unpaired) electrons. The Morgan fingerprint density at radius 3 is 2.39 bits per heavy atom. The van der Waals surface area contributed by atoms with Crippen molar-refractivity contribution in [1.29, 1.82) is 0 Å². The second-order valence-corrected chi connectivity index (χ2v) is 7.35. The van der Waals surface area contributed by atoms with Crippen LogP contribution in [0.4, 0.5) is 5.69 Å². The molecule has 7 nitrogen and oxygen atoms in total. The van der Waals surface area contributed by atoms with Crippen molar-refractivity contribution in [2.45, 2.75) is 12.6 Å². The summed E-state index contributed by atoms with van der Waals surface area (Å²) in [6, 6.07) is 23.2. The average Bonchev–Trinajstić information content (AvgIpc) is 3.02. The van der Waals surface area contributed by atoms with Crippen molar-refractivity contribution in [3.63, 3.8) is 0 Å². The molecule has 3 aromatic carbocycles. The summed E-state index contributed by atoms with van der Waals surface area (Å²) in [4.78, 5) is 32.8. The number of hydrogen-bond donors (Lipinski definition) is 2. The SMILES string of the molecule is CCN1C(=O)C(O)(Nn2c(-c3ccccc3)nc3ccccc3c2=O)c2ccccc21. The molecular weight excluding hydrogens is 392 g/mol. The molecule has 4 aromatic rings. The van der Waals surface area contributed by atoms with Gasteiger partial charge in [0, 0.05) is 17.7 Å². The lowest BCUT2D eigenvalue weighted by molar-refractivity contribution is -0.134. The average molecular weight is 412 g/mol. The number of amides is 1. The molecule has 154 valence electrons. The summed E-state index contributed by atoms with van der Waals surface area (Å²) in [5, 5.41) is 11.9. The van der Waals surface area contributed by atoms with Crippen molar-refractivity contribution in [2.75, 3.05) is 16.9 Å². The van der Waals surface area contributed by atoms with E-state index in [-0.39, 0.29) is 0 Å². The van der Waals surface area contributed by atoms with E-state index < -0.39 is 17.2 Å². The minimum atomic E-state index is -2.11. The van der Waals surface area contributed by atoms with E-state index in [4.69, 9.17) is 0 Å². The highest BCUT2D eigenvalue weighted by molar-refractivity contribution is 6.07. The molecule has 0 aliphatic carbocycles. The zero-order chi connectivity index (χ0) is 21.6. The lowest BCUT2D eigenvalue weighted by Gasteiger charge is -2.27. The first-order chi connectivity index (χ1) is 15.0. The largest absolute Gasteiger partial charge is 0.358 e. The van der Waals surface area contributed by atoms with Crippen LogP contribution in [-0.4, -0.2) is 27.2 Å². The first-order valence-electron chi connectivity index (χ1n) is 10.0. The van der Waals surface area contributed by atoms with Gasteiger partial charge in [-0.3, -0.25) is 15.0 Å². The van der Waals surface area contributed by atoms with Crippen LogP contribution in [0.15, 0.2) is 83.7 Å². The molecule has 0 spiro atoms. The number of para-hydroxylation sites is 2. The van der Waals surface area contributed by atoms with Gasteiger partial charge in [-0.05, 0) is 25.1 Å². The standard InChI is InChI=1S/C24H20N4O3/c1-2-27-20-15-9-7-13-18(20)24(31,23(27)30)26-28-21(16-10-4-3-5-11-16)25-19-14-8-6-12-17(19)22(28)29/h3-15,26,31H,2H2,1H3. The zero-order valence-electron chi connectivity index (χ0n) is 16.8. The number of nitrogens with zero attached hydrogens (tertiary/aromatic N) is 3. The maximum Gasteiger partial charge on any atom is 0.286 e. The third kappa shape index (κ3) is 2.82. The van der Waals surface area contributed by atoms with Gasteiger partial charge in [0.15, 0.2) is 5.82 Å². The molecule has 5 rings (SSSR count). The summed E-state index contributed by atoms with van der Waals surface area (Å²) in [6.45, 7) is 2.22. The molecule has 0 saturated carbocycles. The lowest BCUT2D eigenvalue weighted by Crippen LogP contribution is -2.52. The molecule has 0 saturated heterocycles. The van der Waals surface area contributed by atoms with Gasteiger partial charge < -0.3 is 10.0 Å². The lowest BCUT2D eigenvalue weighted by atomic mass is 10.1. The fourth-order valence-electron chi connectivity index (χ4n) is 4.04. The van der Waals surface area contributed by atoms with Gasteiger partial charge in [0.05, 0.1) is 16.6 Å². The van der Waals surface area contributed by atoms with Gasteiger partial charge in [0.25, 0.3) is 17.2 Å². The smallest absolute Gasteiger partial charge is 0.286 e. The van der Waals surface area contributed by atoms with E-state index >= 15 is 0 Å². The number of anilines is 1. The van der Waals surface area contributed by atoms with Crippen LogP contribution in [0, 0.1) is 0 Å². The Morgan fingerprint density at radius 1 is 0.935 bits per heavy atom. The van der Waals surface area contributed by atoms with Crippen molar-refractivity contribution >= 4 is 22.5 Å². The molecule has 1 unspecified atom stereocenters. The Bertz CT molecular complexity index is 1370. The van der Waals surface area contributed by atoms with Gasteiger partial charge in [-0.1, -0.05) is 60.7 Å². The minimum Gasteiger partial charge on any atom is -0.358 e. The van der Waals surface area contributed by atoms with E-state index in [1.807, 2.05) is 43.3 Å². The molecule has 2 N–H and O–H groups in total. The van der Waals surface area contributed by atoms with Crippen LogP contribution in [0.2, 0.25) is 0 Å². The maximum absolute atomic E-state index is 13.4. The Morgan fingerprint density at radius 2 is 1.61 bits per heavy atom. The van der Waals surface area contributed by atoms with Gasteiger partial charge >= 0.3 is 0 Å². The minimum absolute atomic E-state index is 0.304. The molecule has 7 heteroatoms. The third-order valence-electron chi connectivity index (χ3n) is 5.54. The van der Waals surface area contributed by atoms with Crippen molar-refractivity contribution in [3.8, 4) is 11.4 Å². The summed E-state index contributed by atoms with van der Waals surface area (Å²) in [5.74, 6) is -0.242. The molecule has 1 aliphatic rings. The molecule has 2 heterocycles.